The SMILES string of the molecule is O=C(CCCC(=O)OCC(=O)c1ccc(Oc2ccc([N+](=O)[O-])cc2)cc1)Nc1ccc(F)cc1. The Morgan fingerprint density at radius 1 is 0.857 bits per heavy atom. The number of halogens is 1. The minimum absolute atomic E-state index is 0.0356. The van der Waals surface area contributed by atoms with Crippen LogP contribution in [0.15, 0.2) is 72.8 Å². The number of esters is 1. The highest BCUT2D eigenvalue weighted by Gasteiger charge is 2.12. The van der Waals surface area contributed by atoms with Gasteiger partial charge < -0.3 is 14.8 Å². The van der Waals surface area contributed by atoms with Gasteiger partial charge in [0.05, 0.1) is 4.92 Å². The van der Waals surface area contributed by atoms with Gasteiger partial charge in [-0.3, -0.25) is 24.5 Å². The molecule has 0 unspecified atom stereocenters. The van der Waals surface area contributed by atoms with Crippen molar-refractivity contribution in [3.05, 3.63) is 94.3 Å². The molecule has 0 atom stereocenters. The fraction of sp³-hybridized carbons (Fsp3) is 0.160. The van der Waals surface area contributed by atoms with Crippen LogP contribution in [0.1, 0.15) is 29.6 Å². The number of nitro groups is 1. The van der Waals surface area contributed by atoms with Gasteiger partial charge in [0.2, 0.25) is 5.91 Å². The monoisotopic (exact) mass is 480 g/mol. The number of hydrogen-bond donors (Lipinski definition) is 1. The Balaban J connectivity index is 1.37. The zero-order valence-corrected chi connectivity index (χ0v) is 18.4. The lowest BCUT2D eigenvalue weighted by Crippen LogP contribution is -2.15. The molecule has 0 spiro atoms. The van der Waals surface area contributed by atoms with Crippen LogP contribution in [0.2, 0.25) is 0 Å². The van der Waals surface area contributed by atoms with E-state index in [0.717, 1.165) is 0 Å². The third-order valence-electron chi connectivity index (χ3n) is 4.74. The lowest BCUT2D eigenvalue weighted by molar-refractivity contribution is -0.384. The summed E-state index contributed by atoms with van der Waals surface area (Å²) in [7, 11) is 0. The maximum absolute atomic E-state index is 12.9. The molecule has 180 valence electrons. The van der Waals surface area contributed by atoms with Gasteiger partial charge in [-0.2, -0.15) is 0 Å². The van der Waals surface area contributed by atoms with Gasteiger partial charge in [0.15, 0.2) is 12.4 Å². The predicted octanol–water partition coefficient (Wildman–Crippen LogP) is 5.06. The van der Waals surface area contributed by atoms with Gasteiger partial charge in [0.25, 0.3) is 5.69 Å². The van der Waals surface area contributed by atoms with Crippen LogP contribution in [0.5, 0.6) is 11.5 Å². The third-order valence-corrected chi connectivity index (χ3v) is 4.74. The van der Waals surface area contributed by atoms with E-state index in [0.29, 0.717) is 22.7 Å². The van der Waals surface area contributed by atoms with E-state index in [4.69, 9.17) is 9.47 Å². The van der Waals surface area contributed by atoms with Crippen molar-refractivity contribution in [1.29, 1.82) is 0 Å². The Morgan fingerprint density at radius 3 is 2.06 bits per heavy atom. The first kappa shape index (κ1) is 25.0. The lowest BCUT2D eigenvalue weighted by atomic mass is 10.1. The van der Waals surface area contributed by atoms with Gasteiger partial charge in [-0.1, -0.05) is 0 Å². The van der Waals surface area contributed by atoms with Crippen molar-refractivity contribution in [3.63, 3.8) is 0 Å². The summed E-state index contributed by atoms with van der Waals surface area (Å²) in [5, 5.41) is 13.3. The summed E-state index contributed by atoms with van der Waals surface area (Å²) in [6.45, 7) is -0.441. The molecule has 0 radical (unpaired) electrons. The minimum atomic E-state index is -0.606. The number of anilines is 1. The fourth-order valence-electron chi connectivity index (χ4n) is 2.93. The number of non-ortho nitro benzene ring substituents is 1. The first-order valence-corrected chi connectivity index (χ1v) is 10.6. The quantitative estimate of drug-likeness (QED) is 0.176. The number of hydrogen-bond acceptors (Lipinski definition) is 7. The molecule has 0 heterocycles. The Hall–Kier alpha value is -4.60. The van der Waals surface area contributed by atoms with Gasteiger partial charge in [0.1, 0.15) is 17.3 Å². The molecule has 0 saturated heterocycles. The summed E-state index contributed by atoms with van der Waals surface area (Å²) >= 11 is 0. The van der Waals surface area contributed by atoms with E-state index < -0.39 is 29.1 Å². The Morgan fingerprint density at radius 2 is 1.46 bits per heavy atom. The highest BCUT2D eigenvalue weighted by molar-refractivity contribution is 5.98. The molecular formula is C25H21FN2O7. The number of benzene rings is 3. The molecular weight excluding hydrogens is 459 g/mol. The lowest BCUT2D eigenvalue weighted by Gasteiger charge is -2.07. The number of carbonyl (C=O) groups excluding carboxylic acids is 3. The Kier molecular flexibility index (Phi) is 8.60. The van der Waals surface area contributed by atoms with Crippen molar-refractivity contribution in [2.24, 2.45) is 0 Å². The first-order valence-electron chi connectivity index (χ1n) is 10.6. The van der Waals surface area contributed by atoms with Crippen LogP contribution in [0.25, 0.3) is 0 Å². The second-order valence-electron chi connectivity index (χ2n) is 7.37. The van der Waals surface area contributed by atoms with Crippen LogP contribution >= 0.6 is 0 Å². The molecule has 0 aliphatic carbocycles. The number of nitrogens with zero attached hydrogens (tertiary/aromatic N) is 1. The zero-order chi connectivity index (χ0) is 25.2. The van der Waals surface area contributed by atoms with Crippen molar-refractivity contribution in [2.75, 3.05) is 11.9 Å². The van der Waals surface area contributed by atoms with Crippen LogP contribution in [0.4, 0.5) is 15.8 Å². The molecule has 0 fully saturated rings. The van der Waals surface area contributed by atoms with Crippen LogP contribution in [-0.4, -0.2) is 29.2 Å². The summed E-state index contributed by atoms with van der Waals surface area (Å²) in [5.74, 6) is -0.926. The molecule has 1 N–H and O–H groups in total. The van der Waals surface area contributed by atoms with Crippen LogP contribution in [0.3, 0.4) is 0 Å². The van der Waals surface area contributed by atoms with E-state index in [2.05, 4.69) is 5.32 Å². The van der Waals surface area contributed by atoms with Crippen molar-refractivity contribution < 1.29 is 33.2 Å². The standard InChI is InChI=1S/C25H21FN2O7/c26-18-6-8-19(9-7-18)27-24(30)2-1-3-25(31)34-16-23(29)17-4-12-21(13-5-17)35-22-14-10-20(11-15-22)28(32)33/h4-15H,1-3,16H2,(H,27,30). The van der Waals surface area contributed by atoms with Gasteiger partial charge >= 0.3 is 5.97 Å². The van der Waals surface area contributed by atoms with E-state index in [1.165, 1.54) is 60.7 Å². The summed E-state index contributed by atoms with van der Waals surface area (Å²) in [4.78, 5) is 46.2. The molecule has 3 aromatic rings. The minimum Gasteiger partial charge on any atom is -0.457 e. The van der Waals surface area contributed by atoms with Crippen LogP contribution in [-0.2, 0) is 14.3 Å². The molecule has 10 heteroatoms. The molecule has 1 amide bonds. The number of nitro benzene ring substituents is 1. The van der Waals surface area contributed by atoms with E-state index in [1.807, 2.05) is 0 Å². The maximum atomic E-state index is 12.9. The van der Waals surface area contributed by atoms with Crippen molar-refractivity contribution in [1.82, 2.24) is 0 Å². The van der Waals surface area contributed by atoms with E-state index in [9.17, 15) is 28.9 Å². The maximum Gasteiger partial charge on any atom is 0.306 e. The largest absolute Gasteiger partial charge is 0.457 e. The second-order valence-corrected chi connectivity index (χ2v) is 7.37. The van der Waals surface area contributed by atoms with Gasteiger partial charge in [-0.25, -0.2) is 4.39 Å². The van der Waals surface area contributed by atoms with Crippen LogP contribution < -0.4 is 10.1 Å². The molecule has 3 rings (SSSR count). The average Bonchev–Trinajstić information content (AvgIpc) is 2.85. The normalized spacial score (nSPS) is 10.3. The van der Waals surface area contributed by atoms with Crippen molar-refractivity contribution >= 4 is 29.0 Å². The number of amides is 1. The topological polar surface area (TPSA) is 125 Å². The van der Waals surface area contributed by atoms with Crippen LogP contribution in [0, 0.1) is 15.9 Å². The molecule has 35 heavy (non-hydrogen) atoms. The first-order chi connectivity index (χ1) is 16.8. The van der Waals surface area contributed by atoms with Gasteiger partial charge in [0, 0.05) is 36.2 Å². The average molecular weight is 480 g/mol. The van der Waals surface area contributed by atoms with Gasteiger partial charge in [-0.05, 0) is 67.1 Å². The molecule has 0 aliphatic rings. The van der Waals surface area contributed by atoms with E-state index in [1.54, 1.807) is 12.1 Å². The highest BCUT2D eigenvalue weighted by Crippen LogP contribution is 2.24. The fourth-order valence-corrected chi connectivity index (χ4v) is 2.93. The summed E-state index contributed by atoms with van der Waals surface area (Å²) in [6, 6.07) is 17.0. The Labute approximate surface area is 199 Å². The summed E-state index contributed by atoms with van der Waals surface area (Å²) in [5.41, 5.74) is 0.711. The molecule has 0 bridgehead atoms. The number of carbonyl (C=O) groups is 3. The summed E-state index contributed by atoms with van der Waals surface area (Å²) in [6.07, 6.45) is 0.261. The van der Waals surface area contributed by atoms with Crippen molar-refractivity contribution in [2.45, 2.75) is 19.3 Å². The Bertz CT molecular complexity index is 1190. The second kappa shape index (κ2) is 12.0. The van der Waals surface area contributed by atoms with Crippen molar-refractivity contribution in [3.8, 4) is 11.5 Å². The number of nitrogens with one attached hydrogen (secondary N) is 1. The molecule has 0 saturated carbocycles. The number of Topliss-reactive ketones (excluding diaryl/α,β-unsaturated/α-hetero) is 1. The summed E-state index contributed by atoms with van der Waals surface area (Å²) < 4.78 is 23.4. The van der Waals surface area contributed by atoms with E-state index >= 15 is 0 Å². The highest BCUT2D eigenvalue weighted by atomic mass is 19.1. The zero-order valence-electron chi connectivity index (χ0n) is 18.4. The van der Waals surface area contributed by atoms with E-state index in [-0.39, 0.29) is 30.9 Å². The molecule has 3 aromatic carbocycles. The number of ether oxygens (including phenoxy) is 2. The molecule has 9 nitrogen and oxygen atoms in total. The molecule has 0 aromatic heterocycles. The number of rotatable bonds is 11. The smallest absolute Gasteiger partial charge is 0.306 e. The molecule has 0 aliphatic heterocycles. The third kappa shape index (κ3) is 8.04. The predicted molar refractivity (Wildman–Crippen MR) is 124 cm³/mol. The van der Waals surface area contributed by atoms with Gasteiger partial charge in [-0.15, -0.1) is 0 Å². The number of ketones is 1.